The minimum absolute atomic E-state index is 0.00958. The van der Waals surface area contributed by atoms with Crippen molar-refractivity contribution in [2.45, 2.75) is 38.2 Å². The van der Waals surface area contributed by atoms with Crippen molar-refractivity contribution >= 4 is 11.6 Å². The van der Waals surface area contributed by atoms with Crippen LogP contribution in [-0.4, -0.2) is 30.2 Å². The Labute approximate surface area is 119 Å². The Morgan fingerprint density at radius 2 is 2.25 bits per heavy atom. The number of aliphatic hydroxyl groups excluding tert-OH is 1. The van der Waals surface area contributed by atoms with Crippen LogP contribution in [0.5, 0.6) is 0 Å². The van der Waals surface area contributed by atoms with Crippen molar-refractivity contribution < 1.29 is 9.90 Å². The molecule has 0 saturated heterocycles. The van der Waals surface area contributed by atoms with Gasteiger partial charge in [-0.2, -0.15) is 0 Å². The number of aliphatic hydroxyl groups is 1. The Bertz CT molecular complexity index is 501. The maximum atomic E-state index is 12.4. The van der Waals surface area contributed by atoms with Crippen molar-refractivity contribution in [3.63, 3.8) is 0 Å². The first-order chi connectivity index (χ1) is 9.75. The highest BCUT2D eigenvalue weighted by Gasteiger charge is 2.26. The molecule has 2 aliphatic rings. The van der Waals surface area contributed by atoms with E-state index < -0.39 is 0 Å². The number of nitrogens with one attached hydrogen (secondary N) is 2. The van der Waals surface area contributed by atoms with Crippen LogP contribution in [0.4, 0.5) is 5.69 Å². The molecule has 1 amide bonds. The molecule has 108 valence electrons. The van der Waals surface area contributed by atoms with Gasteiger partial charge in [-0.15, -0.1) is 0 Å². The molecule has 3 rings (SSSR count). The van der Waals surface area contributed by atoms with E-state index in [-0.39, 0.29) is 17.9 Å². The zero-order valence-electron chi connectivity index (χ0n) is 11.7. The third kappa shape index (κ3) is 2.66. The standard InChI is InChI=1S/C16H22N2O2/c19-15-8-1-4-11(15)10-18-16(20)13-5-2-7-14-12(13)6-3-9-17-14/h2,5,7,11,15,17,19H,1,3-4,6,8-10H2,(H,18,20). The van der Waals surface area contributed by atoms with E-state index in [1.807, 2.05) is 18.2 Å². The van der Waals surface area contributed by atoms with Crippen LogP contribution in [0.2, 0.25) is 0 Å². The summed E-state index contributed by atoms with van der Waals surface area (Å²) < 4.78 is 0. The van der Waals surface area contributed by atoms with Crippen molar-refractivity contribution in [1.29, 1.82) is 0 Å². The molecule has 20 heavy (non-hydrogen) atoms. The molecular formula is C16H22N2O2. The number of fused-ring (bicyclic) bond motifs is 1. The summed E-state index contributed by atoms with van der Waals surface area (Å²) in [6, 6.07) is 5.86. The Hall–Kier alpha value is -1.55. The summed E-state index contributed by atoms with van der Waals surface area (Å²) in [5.74, 6) is 0.210. The Kier molecular flexibility index (Phi) is 3.92. The van der Waals surface area contributed by atoms with E-state index in [1.165, 1.54) is 0 Å². The molecular weight excluding hydrogens is 252 g/mol. The monoisotopic (exact) mass is 274 g/mol. The van der Waals surface area contributed by atoms with Crippen LogP contribution in [0.15, 0.2) is 18.2 Å². The second kappa shape index (κ2) is 5.83. The van der Waals surface area contributed by atoms with Gasteiger partial charge in [0.05, 0.1) is 6.10 Å². The lowest BCUT2D eigenvalue weighted by molar-refractivity contribution is 0.0916. The van der Waals surface area contributed by atoms with E-state index in [2.05, 4.69) is 10.6 Å². The minimum atomic E-state index is -0.248. The van der Waals surface area contributed by atoms with Gasteiger partial charge in [0.1, 0.15) is 0 Å². The number of amides is 1. The third-order valence-electron chi connectivity index (χ3n) is 4.48. The van der Waals surface area contributed by atoms with Gasteiger partial charge >= 0.3 is 0 Å². The number of rotatable bonds is 3. The van der Waals surface area contributed by atoms with Gasteiger partial charge in [-0.05, 0) is 43.4 Å². The first kappa shape index (κ1) is 13.4. The number of benzene rings is 1. The molecule has 0 aromatic heterocycles. The van der Waals surface area contributed by atoms with Gasteiger partial charge in [0.2, 0.25) is 0 Å². The molecule has 1 saturated carbocycles. The minimum Gasteiger partial charge on any atom is -0.393 e. The quantitative estimate of drug-likeness (QED) is 0.789. The van der Waals surface area contributed by atoms with Gasteiger partial charge in [0.15, 0.2) is 0 Å². The summed E-state index contributed by atoms with van der Waals surface area (Å²) in [5, 5.41) is 16.1. The number of carbonyl (C=O) groups is 1. The van der Waals surface area contributed by atoms with Crippen molar-refractivity contribution in [3.8, 4) is 0 Å². The summed E-state index contributed by atoms with van der Waals surface area (Å²) in [5.41, 5.74) is 3.00. The van der Waals surface area contributed by atoms with Crippen LogP contribution in [0.1, 0.15) is 41.6 Å². The predicted octanol–water partition coefficient (Wildman–Crippen LogP) is 1.94. The molecule has 1 aromatic rings. The fourth-order valence-corrected chi connectivity index (χ4v) is 3.30. The number of hydrogen-bond acceptors (Lipinski definition) is 3. The molecule has 2 atom stereocenters. The van der Waals surface area contributed by atoms with Crippen LogP contribution < -0.4 is 10.6 Å². The lowest BCUT2D eigenvalue weighted by Gasteiger charge is -2.21. The largest absolute Gasteiger partial charge is 0.393 e. The van der Waals surface area contributed by atoms with Gasteiger partial charge in [-0.3, -0.25) is 4.79 Å². The molecule has 1 aliphatic carbocycles. The van der Waals surface area contributed by atoms with Gasteiger partial charge in [0.25, 0.3) is 5.91 Å². The van der Waals surface area contributed by atoms with Gasteiger partial charge < -0.3 is 15.7 Å². The van der Waals surface area contributed by atoms with E-state index in [0.29, 0.717) is 6.54 Å². The van der Waals surface area contributed by atoms with Crippen molar-refractivity contribution in [2.75, 3.05) is 18.4 Å². The van der Waals surface area contributed by atoms with E-state index >= 15 is 0 Å². The second-order valence-corrected chi connectivity index (χ2v) is 5.83. The molecule has 3 N–H and O–H groups in total. The van der Waals surface area contributed by atoms with Gasteiger partial charge in [-0.25, -0.2) is 0 Å². The van der Waals surface area contributed by atoms with Crippen LogP contribution in [0, 0.1) is 5.92 Å². The number of hydrogen-bond donors (Lipinski definition) is 3. The highest BCUT2D eigenvalue weighted by Crippen LogP contribution is 2.26. The molecule has 0 bridgehead atoms. The fourth-order valence-electron chi connectivity index (χ4n) is 3.30. The molecule has 2 unspecified atom stereocenters. The molecule has 1 aromatic carbocycles. The Balaban J connectivity index is 1.68. The van der Waals surface area contributed by atoms with Gasteiger partial charge in [0, 0.05) is 30.3 Å². The maximum Gasteiger partial charge on any atom is 0.251 e. The normalized spacial score (nSPS) is 24.9. The first-order valence-corrected chi connectivity index (χ1v) is 7.58. The fraction of sp³-hybridized carbons (Fsp3) is 0.562. The van der Waals surface area contributed by atoms with Crippen LogP contribution in [0.3, 0.4) is 0 Å². The van der Waals surface area contributed by atoms with Crippen molar-refractivity contribution in [1.82, 2.24) is 5.32 Å². The summed E-state index contributed by atoms with van der Waals surface area (Å²) in [4.78, 5) is 12.4. The second-order valence-electron chi connectivity index (χ2n) is 5.83. The Morgan fingerprint density at radius 1 is 1.35 bits per heavy atom. The maximum absolute atomic E-state index is 12.4. The molecule has 0 radical (unpaired) electrons. The van der Waals surface area contributed by atoms with Crippen LogP contribution >= 0.6 is 0 Å². The third-order valence-corrected chi connectivity index (χ3v) is 4.48. The molecule has 0 spiro atoms. The molecule has 1 aliphatic heterocycles. The topological polar surface area (TPSA) is 61.4 Å². The first-order valence-electron chi connectivity index (χ1n) is 7.58. The predicted molar refractivity (Wildman–Crippen MR) is 78.9 cm³/mol. The van der Waals surface area contributed by atoms with E-state index in [0.717, 1.165) is 55.5 Å². The van der Waals surface area contributed by atoms with Crippen molar-refractivity contribution in [2.24, 2.45) is 5.92 Å². The average molecular weight is 274 g/mol. The van der Waals surface area contributed by atoms with Crippen molar-refractivity contribution in [3.05, 3.63) is 29.3 Å². The summed E-state index contributed by atoms with van der Waals surface area (Å²) in [6.07, 6.45) is 4.71. The van der Waals surface area contributed by atoms with Crippen LogP contribution in [0.25, 0.3) is 0 Å². The number of carbonyl (C=O) groups excluding carboxylic acids is 1. The van der Waals surface area contributed by atoms with E-state index in [4.69, 9.17) is 0 Å². The lowest BCUT2D eigenvalue weighted by Crippen LogP contribution is -2.33. The number of anilines is 1. The molecule has 1 heterocycles. The zero-order chi connectivity index (χ0) is 13.9. The highest BCUT2D eigenvalue weighted by molar-refractivity contribution is 5.97. The van der Waals surface area contributed by atoms with Crippen LogP contribution in [-0.2, 0) is 6.42 Å². The molecule has 1 fully saturated rings. The average Bonchev–Trinajstić information content (AvgIpc) is 2.89. The van der Waals surface area contributed by atoms with E-state index in [9.17, 15) is 9.90 Å². The summed E-state index contributed by atoms with van der Waals surface area (Å²) in [7, 11) is 0. The SMILES string of the molecule is O=C(NCC1CCCC1O)c1cccc2c1CCCN2. The zero-order valence-corrected chi connectivity index (χ0v) is 11.7. The summed E-state index contributed by atoms with van der Waals surface area (Å²) in [6.45, 7) is 1.56. The smallest absolute Gasteiger partial charge is 0.251 e. The Morgan fingerprint density at radius 3 is 3.05 bits per heavy atom. The summed E-state index contributed by atoms with van der Waals surface area (Å²) >= 11 is 0. The lowest BCUT2D eigenvalue weighted by atomic mass is 9.97. The van der Waals surface area contributed by atoms with Gasteiger partial charge in [-0.1, -0.05) is 12.5 Å². The highest BCUT2D eigenvalue weighted by atomic mass is 16.3. The molecule has 4 nitrogen and oxygen atoms in total. The molecule has 4 heteroatoms. The van der Waals surface area contributed by atoms with E-state index in [1.54, 1.807) is 0 Å².